The van der Waals surface area contributed by atoms with Crippen LogP contribution in [0.4, 0.5) is 8.78 Å². The van der Waals surface area contributed by atoms with Crippen LogP contribution in [0.15, 0.2) is 30.4 Å². The molecule has 0 aliphatic carbocycles. The Bertz CT molecular complexity index is 391. The lowest BCUT2D eigenvalue weighted by molar-refractivity contribution is 0.496. The Morgan fingerprint density at radius 2 is 2.12 bits per heavy atom. The Morgan fingerprint density at radius 1 is 1.41 bits per heavy atom. The van der Waals surface area contributed by atoms with Gasteiger partial charge in [0.2, 0.25) is 0 Å². The third-order valence-electron chi connectivity index (χ3n) is 2.74. The second-order valence-corrected chi connectivity index (χ2v) is 4.12. The monoisotopic (exact) mass is 240 g/mol. The fourth-order valence-electron chi connectivity index (χ4n) is 1.63. The van der Waals surface area contributed by atoms with Crippen LogP contribution in [0.2, 0.25) is 0 Å². The molecular weight excluding hydrogens is 222 g/mol. The summed E-state index contributed by atoms with van der Waals surface area (Å²) in [6, 6.07) is 3.89. The fraction of sp³-hybridized carbons (Fsp3) is 0.385. The van der Waals surface area contributed by atoms with E-state index in [1.807, 2.05) is 6.92 Å². The number of hydrazine groups is 1. The summed E-state index contributed by atoms with van der Waals surface area (Å²) in [7, 11) is 0. The maximum Gasteiger partial charge on any atom is 0.159 e. The van der Waals surface area contributed by atoms with Crippen molar-refractivity contribution in [3.8, 4) is 0 Å². The lowest BCUT2D eigenvalue weighted by Crippen LogP contribution is -2.37. The highest BCUT2D eigenvalue weighted by atomic mass is 19.2. The number of benzene rings is 1. The molecule has 0 saturated carbocycles. The average Bonchev–Trinajstić information content (AvgIpc) is 2.32. The molecule has 17 heavy (non-hydrogen) atoms. The number of halogens is 2. The molecule has 1 aromatic carbocycles. The van der Waals surface area contributed by atoms with Crippen LogP contribution in [0.3, 0.4) is 0 Å². The fourth-order valence-corrected chi connectivity index (χ4v) is 1.63. The molecule has 1 atom stereocenters. The second kappa shape index (κ2) is 6.47. The van der Waals surface area contributed by atoms with Crippen LogP contribution in [0.1, 0.15) is 25.3 Å². The average molecular weight is 240 g/mol. The lowest BCUT2D eigenvalue weighted by atomic mass is 9.99. The summed E-state index contributed by atoms with van der Waals surface area (Å²) in [4.78, 5) is 0. The number of nitrogens with one attached hydrogen (secondary N) is 1. The Balaban J connectivity index is 2.67. The molecule has 1 aromatic rings. The molecule has 0 aliphatic heterocycles. The topological polar surface area (TPSA) is 38.0 Å². The molecule has 0 radical (unpaired) electrons. The zero-order valence-corrected chi connectivity index (χ0v) is 9.97. The zero-order valence-electron chi connectivity index (χ0n) is 9.97. The van der Waals surface area contributed by atoms with E-state index in [1.54, 1.807) is 6.07 Å². The van der Waals surface area contributed by atoms with Crippen LogP contribution in [0.5, 0.6) is 0 Å². The van der Waals surface area contributed by atoms with Gasteiger partial charge in [0, 0.05) is 6.04 Å². The largest absolute Gasteiger partial charge is 0.271 e. The summed E-state index contributed by atoms with van der Waals surface area (Å²) >= 11 is 0. The second-order valence-electron chi connectivity index (χ2n) is 4.12. The first-order valence-electron chi connectivity index (χ1n) is 5.63. The molecule has 1 rings (SSSR count). The van der Waals surface area contributed by atoms with Gasteiger partial charge in [-0.15, -0.1) is 0 Å². The normalized spacial score (nSPS) is 12.5. The molecule has 0 aliphatic rings. The molecule has 0 amide bonds. The minimum absolute atomic E-state index is 0.00712. The van der Waals surface area contributed by atoms with Gasteiger partial charge in [-0.05, 0) is 37.0 Å². The van der Waals surface area contributed by atoms with Crippen molar-refractivity contribution in [1.29, 1.82) is 0 Å². The van der Waals surface area contributed by atoms with E-state index in [9.17, 15) is 8.78 Å². The highest BCUT2D eigenvalue weighted by Gasteiger charge is 2.10. The Morgan fingerprint density at radius 3 is 2.65 bits per heavy atom. The molecule has 2 nitrogen and oxygen atoms in total. The van der Waals surface area contributed by atoms with E-state index in [0.29, 0.717) is 6.42 Å². The van der Waals surface area contributed by atoms with Crippen molar-refractivity contribution in [2.45, 2.75) is 32.2 Å². The number of rotatable bonds is 6. The van der Waals surface area contributed by atoms with E-state index < -0.39 is 11.6 Å². The molecule has 3 N–H and O–H groups in total. The minimum atomic E-state index is -0.830. The quantitative estimate of drug-likeness (QED) is 0.456. The molecule has 94 valence electrons. The number of hydrogen-bond acceptors (Lipinski definition) is 2. The standard InChI is InChI=1S/C13H18F2N2/c1-3-9(2)6-11(17-16)7-10-4-5-12(14)13(15)8-10/h4-5,8,11,17H,2-3,6-7,16H2,1H3. The van der Waals surface area contributed by atoms with Gasteiger partial charge in [0.25, 0.3) is 0 Å². The summed E-state index contributed by atoms with van der Waals surface area (Å²) in [6.45, 7) is 5.93. The van der Waals surface area contributed by atoms with Gasteiger partial charge in [-0.2, -0.15) is 0 Å². The summed E-state index contributed by atoms with van der Waals surface area (Å²) < 4.78 is 25.8. The van der Waals surface area contributed by atoms with Gasteiger partial charge in [0.05, 0.1) is 0 Å². The van der Waals surface area contributed by atoms with Crippen LogP contribution in [0.25, 0.3) is 0 Å². The number of hydrogen-bond donors (Lipinski definition) is 2. The van der Waals surface area contributed by atoms with E-state index in [0.717, 1.165) is 30.0 Å². The van der Waals surface area contributed by atoms with Crippen molar-refractivity contribution in [3.63, 3.8) is 0 Å². The van der Waals surface area contributed by atoms with Crippen molar-refractivity contribution >= 4 is 0 Å². The van der Waals surface area contributed by atoms with E-state index in [2.05, 4.69) is 12.0 Å². The van der Waals surface area contributed by atoms with E-state index >= 15 is 0 Å². The molecule has 1 unspecified atom stereocenters. The summed E-state index contributed by atoms with van der Waals surface area (Å²) in [5, 5.41) is 0. The van der Waals surface area contributed by atoms with Crippen LogP contribution in [0, 0.1) is 11.6 Å². The van der Waals surface area contributed by atoms with Crippen LogP contribution in [-0.4, -0.2) is 6.04 Å². The molecule has 0 heterocycles. The highest BCUT2D eigenvalue weighted by Crippen LogP contribution is 2.14. The minimum Gasteiger partial charge on any atom is -0.271 e. The molecular formula is C13H18F2N2. The van der Waals surface area contributed by atoms with Crippen LogP contribution < -0.4 is 11.3 Å². The van der Waals surface area contributed by atoms with Gasteiger partial charge < -0.3 is 0 Å². The molecule has 0 aromatic heterocycles. The predicted molar refractivity (Wildman–Crippen MR) is 65.2 cm³/mol. The van der Waals surface area contributed by atoms with Crippen molar-refractivity contribution < 1.29 is 8.78 Å². The summed E-state index contributed by atoms with van der Waals surface area (Å²) in [5.74, 6) is 3.78. The van der Waals surface area contributed by atoms with Gasteiger partial charge in [-0.1, -0.05) is 25.1 Å². The first kappa shape index (κ1) is 13.8. The van der Waals surface area contributed by atoms with Gasteiger partial charge in [0.15, 0.2) is 11.6 Å². The smallest absolute Gasteiger partial charge is 0.159 e. The SMILES string of the molecule is C=C(CC)CC(Cc1ccc(F)c(F)c1)NN. The molecule has 0 bridgehead atoms. The molecule has 0 spiro atoms. The molecule has 0 saturated heterocycles. The van der Waals surface area contributed by atoms with Crippen LogP contribution >= 0.6 is 0 Å². The summed E-state index contributed by atoms with van der Waals surface area (Å²) in [6.07, 6.45) is 2.16. The van der Waals surface area contributed by atoms with Gasteiger partial charge in [0.1, 0.15) is 0 Å². The van der Waals surface area contributed by atoms with Gasteiger partial charge >= 0.3 is 0 Å². The van der Waals surface area contributed by atoms with Gasteiger partial charge in [-0.25, -0.2) is 8.78 Å². The third kappa shape index (κ3) is 4.24. The van der Waals surface area contributed by atoms with Crippen molar-refractivity contribution in [2.24, 2.45) is 5.84 Å². The van der Waals surface area contributed by atoms with Gasteiger partial charge in [-0.3, -0.25) is 11.3 Å². The summed E-state index contributed by atoms with van der Waals surface area (Å²) in [5.41, 5.74) is 4.47. The maximum atomic E-state index is 13.0. The van der Waals surface area contributed by atoms with Crippen molar-refractivity contribution in [1.82, 2.24) is 5.43 Å². The maximum absolute atomic E-state index is 13.0. The highest BCUT2D eigenvalue weighted by molar-refractivity contribution is 5.19. The Hall–Kier alpha value is -1.26. The van der Waals surface area contributed by atoms with Crippen molar-refractivity contribution in [3.05, 3.63) is 47.5 Å². The molecule has 0 fully saturated rings. The first-order valence-corrected chi connectivity index (χ1v) is 5.63. The van der Waals surface area contributed by atoms with E-state index in [1.165, 1.54) is 6.07 Å². The van der Waals surface area contributed by atoms with Crippen molar-refractivity contribution in [2.75, 3.05) is 0 Å². The lowest BCUT2D eigenvalue weighted by Gasteiger charge is -2.16. The first-order chi connectivity index (χ1) is 8.06. The van der Waals surface area contributed by atoms with Crippen LogP contribution in [-0.2, 0) is 6.42 Å². The Labute approximate surface area is 100 Å². The van der Waals surface area contributed by atoms with E-state index in [-0.39, 0.29) is 6.04 Å². The van der Waals surface area contributed by atoms with E-state index in [4.69, 9.17) is 5.84 Å². The predicted octanol–water partition coefficient (Wildman–Crippen LogP) is 2.70. The molecule has 4 heteroatoms. The number of nitrogens with two attached hydrogens (primary N) is 1. The Kier molecular flexibility index (Phi) is 5.25. The third-order valence-corrected chi connectivity index (χ3v) is 2.74. The zero-order chi connectivity index (χ0) is 12.8.